The second-order valence-electron chi connectivity index (χ2n) is 6.08. The van der Waals surface area contributed by atoms with Gasteiger partial charge < -0.3 is 9.80 Å². The van der Waals surface area contributed by atoms with Crippen molar-refractivity contribution in [3.05, 3.63) is 0 Å². The SMILES string of the molecule is CN(C)c1nc(NN)nc(N2CCC3CCC(C2)N3C)n1. The molecule has 1 aromatic heterocycles. The molecule has 0 aromatic carbocycles. The zero-order valence-electron chi connectivity index (χ0n) is 13.0. The molecule has 2 atom stereocenters. The van der Waals surface area contributed by atoms with E-state index in [0.29, 0.717) is 29.9 Å². The Balaban J connectivity index is 1.87. The van der Waals surface area contributed by atoms with Crippen molar-refractivity contribution in [3.63, 3.8) is 0 Å². The molecule has 0 saturated carbocycles. The maximum atomic E-state index is 5.48. The summed E-state index contributed by atoms with van der Waals surface area (Å²) in [5.74, 6) is 7.22. The highest BCUT2D eigenvalue weighted by Crippen LogP contribution is 2.30. The predicted molar refractivity (Wildman–Crippen MR) is 83.4 cm³/mol. The van der Waals surface area contributed by atoms with Gasteiger partial charge in [0.25, 0.3) is 0 Å². The molecule has 2 aliphatic heterocycles. The molecule has 116 valence electrons. The summed E-state index contributed by atoms with van der Waals surface area (Å²) in [7, 11) is 6.06. The molecule has 3 N–H and O–H groups in total. The van der Waals surface area contributed by atoms with Crippen LogP contribution in [-0.2, 0) is 0 Å². The normalized spacial score (nSPS) is 25.8. The van der Waals surface area contributed by atoms with Crippen LogP contribution in [0.5, 0.6) is 0 Å². The van der Waals surface area contributed by atoms with Gasteiger partial charge in [0.15, 0.2) is 0 Å². The molecule has 21 heavy (non-hydrogen) atoms. The molecule has 2 aliphatic rings. The van der Waals surface area contributed by atoms with Crippen LogP contribution in [0.25, 0.3) is 0 Å². The molecule has 3 rings (SSSR count). The van der Waals surface area contributed by atoms with Crippen molar-refractivity contribution >= 4 is 17.8 Å². The summed E-state index contributed by atoms with van der Waals surface area (Å²) >= 11 is 0. The van der Waals surface area contributed by atoms with E-state index in [1.54, 1.807) is 0 Å². The smallest absolute Gasteiger partial charge is 0.243 e. The zero-order chi connectivity index (χ0) is 15.0. The van der Waals surface area contributed by atoms with E-state index in [-0.39, 0.29) is 0 Å². The molecule has 2 bridgehead atoms. The molecule has 2 unspecified atom stereocenters. The molecule has 3 heterocycles. The Morgan fingerprint density at radius 3 is 2.62 bits per heavy atom. The van der Waals surface area contributed by atoms with E-state index in [4.69, 9.17) is 5.84 Å². The molecule has 0 amide bonds. The maximum Gasteiger partial charge on any atom is 0.243 e. The Morgan fingerprint density at radius 2 is 1.90 bits per heavy atom. The number of hydrogen-bond donors (Lipinski definition) is 2. The minimum Gasteiger partial charge on any atom is -0.347 e. The third kappa shape index (κ3) is 2.73. The average Bonchev–Trinajstić information content (AvgIpc) is 2.71. The van der Waals surface area contributed by atoms with Crippen LogP contribution in [0.3, 0.4) is 0 Å². The molecule has 2 fully saturated rings. The van der Waals surface area contributed by atoms with Gasteiger partial charge in [-0.25, -0.2) is 5.84 Å². The third-order valence-corrected chi connectivity index (χ3v) is 4.57. The number of anilines is 3. The quantitative estimate of drug-likeness (QED) is 0.590. The summed E-state index contributed by atoms with van der Waals surface area (Å²) in [5.41, 5.74) is 2.53. The predicted octanol–water partition coefficient (Wildman–Crippen LogP) is -0.104. The van der Waals surface area contributed by atoms with Gasteiger partial charge in [0.1, 0.15) is 0 Å². The first-order valence-electron chi connectivity index (χ1n) is 7.45. The van der Waals surface area contributed by atoms with Crippen LogP contribution in [0, 0.1) is 0 Å². The van der Waals surface area contributed by atoms with E-state index in [1.165, 1.54) is 12.8 Å². The first kappa shape index (κ1) is 14.3. The lowest BCUT2D eigenvalue weighted by molar-refractivity contribution is 0.254. The van der Waals surface area contributed by atoms with Gasteiger partial charge in [-0.15, -0.1) is 0 Å². The Hall–Kier alpha value is -1.67. The van der Waals surface area contributed by atoms with Crippen LogP contribution in [0.2, 0.25) is 0 Å². The summed E-state index contributed by atoms with van der Waals surface area (Å²) < 4.78 is 0. The zero-order valence-corrected chi connectivity index (χ0v) is 13.0. The number of aromatic nitrogens is 3. The summed E-state index contributed by atoms with van der Waals surface area (Å²) in [4.78, 5) is 19.9. The number of likely N-dealkylation sites (N-methyl/N-ethyl adjacent to an activating group) is 1. The van der Waals surface area contributed by atoms with Crippen LogP contribution in [0.4, 0.5) is 17.8 Å². The van der Waals surface area contributed by atoms with E-state index in [9.17, 15) is 0 Å². The second kappa shape index (κ2) is 5.61. The highest BCUT2D eigenvalue weighted by molar-refractivity contribution is 5.44. The summed E-state index contributed by atoms with van der Waals surface area (Å²) in [6.07, 6.45) is 3.72. The number of hydrogen-bond acceptors (Lipinski definition) is 8. The van der Waals surface area contributed by atoms with E-state index >= 15 is 0 Å². The van der Waals surface area contributed by atoms with Gasteiger partial charge in [0.2, 0.25) is 17.8 Å². The molecular weight excluding hydrogens is 268 g/mol. The first-order valence-corrected chi connectivity index (χ1v) is 7.45. The monoisotopic (exact) mass is 292 g/mol. The minimum absolute atomic E-state index is 0.409. The van der Waals surface area contributed by atoms with Crippen LogP contribution < -0.4 is 21.1 Å². The maximum absolute atomic E-state index is 5.48. The fourth-order valence-electron chi connectivity index (χ4n) is 3.25. The molecule has 0 spiro atoms. The van der Waals surface area contributed by atoms with Crippen LogP contribution in [0.1, 0.15) is 19.3 Å². The van der Waals surface area contributed by atoms with Crippen molar-refractivity contribution in [1.29, 1.82) is 0 Å². The van der Waals surface area contributed by atoms with Gasteiger partial charge in [-0.2, -0.15) is 15.0 Å². The molecule has 0 aliphatic carbocycles. The molecule has 2 saturated heterocycles. The van der Waals surface area contributed by atoms with Crippen LogP contribution in [-0.4, -0.2) is 66.2 Å². The fraction of sp³-hybridized carbons (Fsp3) is 0.769. The Morgan fingerprint density at radius 1 is 1.14 bits per heavy atom. The molecular formula is C13H24N8. The first-order chi connectivity index (χ1) is 10.1. The van der Waals surface area contributed by atoms with Gasteiger partial charge >= 0.3 is 0 Å². The van der Waals surface area contributed by atoms with Gasteiger partial charge in [-0.1, -0.05) is 0 Å². The van der Waals surface area contributed by atoms with E-state index < -0.39 is 0 Å². The van der Waals surface area contributed by atoms with Crippen molar-refractivity contribution in [1.82, 2.24) is 19.9 Å². The Labute approximate surface area is 125 Å². The number of fused-ring (bicyclic) bond motifs is 2. The van der Waals surface area contributed by atoms with Crippen LogP contribution in [0.15, 0.2) is 0 Å². The summed E-state index contributed by atoms with van der Waals surface area (Å²) in [6, 6.07) is 1.29. The number of nitrogens with two attached hydrogens (primary N) is 1. The van der Waals surface area contributed by atoms with Gasteiger partial charge in [-0.05, 0) is 26.3 Å². The third-order valence-electron chi connectivity index (χ3n) is 4.57. The lowest BCUT2D eigenvalue weighted by Gasteiger charge is -2.26. The van der Waals surface area contributed by atoms with Crippen LogP contribution >= 0.6 is 0 Å². The standard InChI is InChI=1S/C13H24N8/c1-19(2)12-15-11(18-14)16-13(17-12)21-7-6-9-4-5-10(8-21)20(9)3/h9-10H,4-8,14H2,1-3H3,(H,15,16,17,18). The Kier molecular flexibility index (Phi) is 3.81. The number of hydrazine groups is 1. The van der Waals surface area contributed by atoms with Gasteiger partial charge in [-0.3, -0.25) is 10.3 Å². The highest BCUT2D eigenvalue weighted by Gasteiger charge is 2.35. The van der Waals surface area contributed by atoms with Crippen molar-refractivity contribution < 1.29 is 0 Å². The lowest BCUT2D eigenvalue weighted by atomic mass is 10.1. The topological polar surface area (TPSA) is 86.4 Å². The van der Waals surface area contributed by atoms with Gasteiger partial charge in [0.05, 0.1) is 0 Å². The largest absolute Gasteiger partial charge is 0.347 e. The Bertz CT molecular complexity index is 505. The van der Waals surface area contributed by atoms with Crippen molar-refractivity contribution in [2.24, 2.45) is 5.84 Å². The molecule has 1 aromatic rings. The van der Waals surface area contributed by atoms with Gasteiger partial charge in [0, 0.05) is 39.3 Å². The minimum atomic E-state index is 0.409. The van der Waals surface area contributed by atoms with E-state index in [0.717, 1.165) is 19.5 Å². The molecule has 8 nitrogen and oxygen atoms in total. The number of nitrogens with zero attached hydrogens (tertiary/aromatic N) is 6. The summed E-state index contributed by atoms with van der Waals surface area (Å²) in [5, 5.41) is 0. The van der Waals surface area contributed by atoms with Crippen molar-refractivity contribution in [2.75, 3.05) is 49.5 Å². The van der Waals surface area contributed by atoms with E-state index in [1.807, 2.05) is 19.0 Å². The lowest BCUT2D eigenvalue weighted by Crippen LogP contribution is -2.37. The average molecular weight is 292 g/mol. The molecule has 0 radical (unpaired) electrons. The van der Waals surface area contributed by atoms with E-state index in [2.05, 4.69) is 37.2 Å². The molecule has 8 heteroatoms. The number of nitrogen functional groups attached to an aromatic ring is 1. The van der Waals surface area contributed by atoms with Crippen molar-refractivity contribution in [2.45, 2.75) is 31.3 Å². The second-order valence-corrected chi connectivity index (χ2v) is 6.08. The number of rotatable bonds is 3. The summed E-state index contributed by atoms with van der Waals surface area (Å²) in [6.45, 7) is 1.94. The number of nitrogens with one attached hydrogen (secondary N) is 1. The highest BCUT2D eigenvalue weighted by atomic mass is 15.4. The fourth-order valence-corrected chi connectivity index (χ4v) is 3.25. The van der Waals surface area contributed by atoms with Crippen molar-refractivity contribution in [3.8, 4) is 0 Å².